The van der Waals surface area contributed by atoms with Crippen LogP contribution in [0, 0.1) is 5.92 Å². The van der Waals surface area contributed by atoms with Gasteiger partial charge in [-0.1, -0.05) is 6.92 Å². The summed E-state index contributed by atoms with van der Waals surface area (Å²) >= 11 is 0. The van der Waals surface area contributed by atoms with Gasteiger partial charge in [-0.15, -0.1) is 0 Å². The monoisotopic (exact) mass is 227 g/mol. The van der Waals surface area contributed by atoms with Crippen molar-refractivity contribution in [1.82, 2.24) is 9.80 Å². The Bertz CT molecular complexity index is 213. The van der Waals surface area contributed by atoms with E-state index in [9.17, 15) is 0 Å². The Balaban J connectivity index is 2.70. The summed E-state index contributed by atoms with van der Waals surface area (Å²) < 4.78 is 0. The zero-order chi connectivity index (χ0) is 12.3. The molecule has 0 bridgehead atoms. The highest BCUT2D eigenvalue weighted by molar-refractivity contribution is 5.01. The summed E-state index contributed by atoms with van der Waals surface area (Å²) in [7, 11) is 4.28. The van der Waals surface area contributed by atoms with Crippen molar-refractivity contribution in [2.45, 2.75) is 45.2 Å². The van der Waals surface area contributed by atoms with Gasteiger partial charge < -0.3 is 10.6 Å². The molecular weight excluding hydrogens is 198 g/mol. The van der Waals surface area contributed by atoms with Crippen LogP contribution in [0.2, 0.25) is 0 Å². The van der Waals surface area contributed by atoms with Crippen molar-refractivity contribution in [3.05, 3.63) is 0 Å². The van der Waals surface area contributed by atoms with Gasteiger partial charge in [0.2, 0.25) is 0 Å². The molecule has 1 aliphatic carbocycles. The summed E-state index contributed by atoms with van der Waals surface area (Å²) in [6.45, 7) is 9.90. The summed E-state index contributed by atoms with van der Waals surface area (Å²) in [4.78, 5) is 4.86. The summed E-state index contributed by atoms with van der Waals surface area (Å²) in [5, 5.41) is 0. The molecule has 2 unspecified atom stereocenters. The standard InChI is InChI=1S/C13H29N3/c1-6-16(11(2)9-15(4)5)13(3,10-14)12-7-8-12/h11-12H,6-10,14H2,1-5H3. The van der Waals surface area contributed by atoms with Crippen molar-refractivity contribution < 1.29 is 0 Å². The van der Waals surface area contributed by atoms with Gasteiger partial charge in [0, 0.05) is 24.7 Å². The van der Waals surface area contributed by atoms with Crippen molar-refractivity contribution in [1.29, 1.82) is 0 Å². The largest absolute Gasteiger partial charge is 0.329 e. The minimum absolute atomic E-state index is 0.212. The van der Waals surface area contributed by atoms with Gasteiger partial charge >= 0.3 is 0 Å². The third kappa shape index (κ3) is 2.96. The molecule has 0 aromatic carbocycles. The van der Waals surface area contributed by atoms with E-state index in [4.69, 9.17) is 5.73 Å². The fraction of sp³-hybridized carbons (Fsp3) is 1.00. The Kier molecular flexibility index (Phi) is 4.77. The molecule has 3 nitrogen and oxygen atoms in total. The number of nitrogens with zero attached hydrogens (tertiary/aromatic N) is 2. The summed E-state index contributed by atoms with van der Waals surface area (Å²) in [6, 6.07) is 0.578. The quantitative estimate of drug-likeness (QED) is 0.713. The van der Waals surface area contributed by atoms with E-state index in [1.54, 1.807) is 0 Å². The Morgan fingerprint density at radius 3 is 2.25 bits per heavy atom. The molecule has 1 saturated carbocycles. The van der Waals surface area contributed by atoms with Crippen LogP contribution in [-0.4, -0.2) is 55.1 Å². The molecule has 96 valence electrons. The van der Waals surface area contributed by atoms with Gasteiger partial charge in [-0.3, -0.25) is 4.90 Å². The van der Waals surface area contributed by atoms with Gasteiger partial charge in [0.15, 0.2) is 0 Å². The van der Waals surface area contributed by atoms with Crippen molar-refractivity contribution in [2.24, 2.45) is 11.7 Å². The third-order valence-electron chi connectivity index (χ3n) is 4.03. The van der Waals surface area contributed by atoms with Gasteiger partial charge in [-0.05, 0) is 53.2 Å². The zero-order valence-electron chi connectivity index (χ0n) is 11.7. The minimum atomic E-state index is 0.212. The highest BCUT2D eigenvalue weighted by Gasteiger charge is 2.45. The molecular formula is C13H29N3. The Morgan fingerprint density at radius 1 is 1.38 bits per heavy atom. The van der Waals surface area contributed by atoms with Crippen LogP contribution < -0.4 is 5.73 Å². The molecule has 0 amide bonds. The Morgan fingerprint density at radius 2 is 1.94 bits per heavy atom. The predicted molar refractivity (Wildman–Crippen MR) is 70.6 cm³/mol. The van der Waals surface area contributed by atoms with Crippen LogP contribution in [0.4, 0.5) is 0 Å². The smallest absolute Gasteiger partial charge is 0.0334 e. The average molecular weight is 227 g/mol. The molecule has 1 aliphatic rings. The molecule has 3 heteroatoms. The first-order valence-corrected chi connectivity index (χ1v) is 6.57. The van der Waals surface area contributed by atoms with E-state index in [1.165, 1.54) is 12.8 Å². The molecule has 0 aliphatic heterocycles. The Labute approximate surface area is 101 Å². The van der Waals surface area contributed by atoms with Gasteiger partial charge in [-0.25, -0.2) is 0 Å². The molecule has 0 heterocycles. The molecule has 2 N–H and O–H groups in total. The van der Waals surface area contributed by atoms with E-state index in [-0.39, 0.29) is 5.54 Å². The van der Waals surface area contributed by atoms with E-state index < -0.39 is 0 Å². The topological polar surface area (TPSA) is 32.5 Å². The number of rotatable bonds is 7. The summed E-state index contributed by atoms with van der Waals surface area (Å²) in [5.41, 5.74) is 6.25. The molecule has 1 fully saturated rings. The lowest BCUT2D eigenvalue weighted by atomic mass is 9.91. The maximum absolute atomic E-state index is 6.04. The Hall–Kier alpha value is -0.120. The summed E-state index contributed by atoms with van der Waals surface area (Å²) in [5.74, 6) is 0.821. The number of likely N-dealkylation sites (N-methyl/N-ethyl adjacent to an activating group) is 2. The van der Waals surface area contributed by atoms with Gasteiger partial charge in [0.25, 0.3) is 0 Å². The van der Waals surface area contributed by atoms with Crippen LogP contribution in [0.1, 0.15) is 33.6 Å². The first-order chi connectivity index (χ1) is 7.45. The van der Waals surface area contributed by atoms with Crippen molar-refractivity contribution in [3.8, 4) is 0 Å². The molecule has 0 aromatic rings. The first-order valence-electron chi connectivity index (χ1n) is 6.57. The van der Waals surface area contributed by atoms with Crippen molar-refractivity contribution >= 4 is 0 Å². The van der Waals surface area contributed by atoms with E-state index in [2.05, 4.69) is 44.7 Å². The molecule has 16 heavy (non-hydrogen) atoms. The van der Waals surface area contributed by atoms with E-state index >= 15 is 0 Å². The lowest BCUT2D eigenvalue weighted by Crippen LogP contribution is -2.58. The lowest BCUT2D eigenvalue weighted by molar-refractivity contribution is 0.0450. The molecule has 1 rings (SSSR count). The van der Waals surface area contributed by atoms with Crippen LogP contribution in [0.5, 0.6) is 0 Å². The fourth-order valence-corrected chi connectivity index (χ4v) is 3.03. The average Bonchev–Trinajstić information content (AvgIpc) is 3.00. The summed E-state index contributed by atoms with van der Waals surface area (Å²) in [6.07, 6.45) is 2.72. The SMILES string of the molecule is CCN(C(C)CN(C)C)C(C)(CN)C1CC1. The second-order valence-corrected chi connectivity index (χ2v) is 5.73. The maximum Gasteiger partial charge on any atom is 0.0334 e. The van der Waals surface area contributed by atoms with E-state index in [0.29, 0.717) is 6.04 Å². The molecule has 0 spiro atoms. The molecule has 0 saturated heterocycles. The van der Waals surface area contributed by atoms with Crippen LogP contribution in [-0.2, 0) is 0 Å². The van der Waals surface area contributed by atoms with Crippen LogP contribution >= 0.6 is 0 Å². The van der Waals surface area contributed by atoms with Gasteiger partial charge in [-0.2, -0.15) is 0 Å². The number of hydrogen-bond donors (Lipinski definition) is 1. The second kappa shape index (κ2) is 5.48. The highest BCUT2D eigenvalue weighted by atomic mass is 15.3. The van der Waals surface area contributed by atoms with Gasteiger partial charge in [0.1, 0.15) is 0 Å². The third-order valence-corrected chi connectivity index (χ3v) is 4.03. The van der Waals surface area contributed by atoms with Crippen LogP contribution in [0.25, 0.3) is 0 Å². The second-order valence-electron chi connectivity index (χ2n) is 5.73. The van der Waals surface area contributed by atoms with Crippen LogP contribution in [0.3, 0.4) is 0 Å². The predicted octanol–water partition coefficient (Wildman–Crippen LogP) is 1.39. The van der Waals surface area contributed by atoms with Crippen molar-refractivity contribution in [3.63, 3.8) is 0 Å². The normalized spacial score (nSPS) is 22.5. The molecule has 2 atom stereocenters. The fourth-order valence-electron chi connectivity index (χ4n) is 3.03. The highest BCUT2D eigenvalue weighted by Crippen LogP contribution is 2.43. The molecule has 0 radical (unpaired) electrons. The van der Waals surface area contributed by atoms with Gasteiger partial charge in [0.05, 0.1) is 0 Å². The van der Waals surface area contributed by atoms with Crippen LogP contribution in [0.15, 0.2) is 0 Å². The lowest BCUT2D eigenvalue weighted by Gasteiger charge is -2.45. The van der Waals surface area contributed by atoms with E-state index in [0.717, 1.165) is 25.6 Å². The van der Waals surface area contributed by atoms with E-state index in [1.807, 2.05) is 0 Å². The number of hydrogen-bond acceptors (Lipinski definition) is 3. The number of nitrogens with two attached hydrogens (primary N) is 1. The first kappa shape index (κ1) is 13.9. The van der Waals surface area contributed by atoms with Crippen molar-refractivity contribution in [2.75, 3.05) is 33.7 Å². The molecule has 0 aromatic heterocycles. The maximum atomic E-state index is 6.04. The zero-order valence-corrected chi connectivity index (χ0v) is 11.7. The minimum Gasteiger partial charge on any atom is -0.329 e.